The Kier molecular flexibility index (Phi) is 6.53. The van der Waals surface area contributed by atoms with Gasteiger partial charge in [-0.15, -0.1) is 5.10 Å². The highest BCUT2D eigenvalue weighted by molar-refractivity contribution is 6.35. The monoisotopic (exact) mass is 544 g/mol. The standard InChI is InChI=1S/C30H31ClFN7/c1-17-4-3-5-18(2)27(17)36-28-20(14-33)15-34-30-24(28)12-22(13-25(30)31)35-29(19-6-8-21(32)9-7-19)26-16-39(38-37-26)23-10-11-23/h6-9,12-13,15-18,23,27,29,35H,3-5,10-11H2,1-2H3,(H,34,36)/t17?,18?,27?,29-/m0/s1/i29D. The summed E-state index contributed by atoms with van der Waals surface area (Å²) in [5.41, 5.74) is 3.13. The van der Waals surface area contributed by atoms with Crippen molar-refractivity contribution in [3.63, 3.8) is 0 Å². The Balaban J connectivity index is 1.45. The summed E-state index contributed by atoms with van der Waals surface area (Å²) in [6.07, 6.45) is 8.84. The second-order valence-corrected chi connectivity index (χ2v) is 11.3. The van der Waals surface area contributed by atoms with Gasteiger partial charge in [0.1, 0.15) is 17.6 Å². The second-order valence-electron chi connectivity index (χ2n) is 10.9. The van der Waals surface area contributed by atoms with Gasteiger partial charge in [0.05, 0.1) is 41.4 Å². The molecule has 2 aliphatic rings. The van der Waals surface area contributed by atoms with Crippen LogP contribution in [0.5, 0.6) is 0 Å². The first-order chi connectivity index (χ1) is 19.3. The Hall–Kier alpha value is -3.70. The van der Waals surface area contributed by atoms with Gasteiger partial charge in [-0.1, -0.05) is 49.2 Å². The number of halogens is 2. The average Bonchev–Trinajstić information content (AvgIpc) is 3.66. The van der Waals surface area contributed by atoms with E-state index in [0.29, 0.717) is 62.0 Å². The second kappa shape index (κ2) is 10.5. The highest BCUT2D eigenvalue weighted by Crippen LogP contribution is 2.39. The van der Waals surface area contributed by atoms with Crippen molar-refractivity contribution >= 4 is 33.9 Å². The van der Waals surface area contributed by atoms with Crippen LogP contribution >= 0.6 is 11.6 Å². The molecule has 2 aliphatic carbocycles. The molecule has 200 valence electrons. The summed E-state index contributed by atoms with van der Waals surface area (Å²) in [5, 5.41) is 26.7. The lowest BCUT2D eigenvalue weighted by atomic mass is 9.78. The lowest BCUT2D eigenvalue weighted by molar-refractivity contribution is 0.268. The van der Waals surface area contributed by atoms with Crippen molar-refractivity contribution in [2.75, 3.05) is 10.6 Å². The summed E-state index contributed by atoms with van der Waals surface area (Å²) in [4.78, 5) is 4.50. The van der Waals surface area contributed by atoms with Crippen molar-refractivity contribution in [1.82, 2.24) is 20.0 Å². The molecule has 2 aromatic heterocycles. The van der Waals surface area contributed by atoms with Gasteiger partial charge in [0.2, 0.25) is 0 Å². The third kappa shape index (κ3) is 5.16. The summed E-state index contributed by atoms with van der Waals surface area (Å²) in [6, 6.07) is 10.6. The minimum Gasteiger partial charge on any atom is -0.380 e. The van der Waals surface area contributed by atoms with E-state index >= 15 is 0 Å². The van der Waals surface area contributed by atoms with Crippen molar-refractivity contribution in [2.24, 2.45) is 11.8 Å². The first kappa shape index (κ1) is 24.3. The summed E-state index contributed by atoms with van der Waals surface area (Å²) < 4.78 is 25.2. The van der Waals surface area contributed by atoms with Crippen molar-refractivity contribution in [2.45, 2.75) is 64.1 Å². The summed E-state index contributed by atoms with van der Waals surface area (Å²) in [5.74, 6) is 0.506. The number of rotatable bonds is 7. The fraction of sp³-hybridized carbons (Fsp3) is 0.400. The van der Waals surface area contributed by atoms with Gasteiger partial charge in [-0.3, -0.25) is 4.98 Å². The molecule has 9 heteroatoms. The van der Waals surface area contributed by atoms with Crippen molar-refractivity contribution in [3.05, 3.63) is 76.5 Å². The molecule has 6 rings (SSSR count). The van der Waals surface area contributed by atoms with Gasteiger partial charge in [-0.25, -0.2) is 9.07 Å². The molecule has 3 atom stereocenters. The Morgan fingerprint density at radius 1 is 1.15 bits per heavy atom. The Morgan fingerprint density at radius 3 is 2.59 bits per heavy atom. The molecule has 0 radical (unpaired) electrons. The molecular weight excluding hydrogens is 513 g/mol. The number of fused-ring (bicyclic) bond motifs is 1. The molecule has 0 saturated heterocycles. The first-order valence-electron chi connectivity index (χ1n) is 14.0. The van der Waals surface area contributed by atoms with Crippen LogP contribution in [0.25, 0.3) is 10.9 Å². The zero-order valence-corrected chi connectivity index (χ0v) is 22.7. The van der Waals surface area contributed by atoms with E-state index in [2.05, 4.69) is 45.8 Å². The number of nitrogens with zero attached hydrogens (tertiary/aromatic N) is 5. The van der Waals surface area contributed by atoms with Crippen molar-refractivity contribution < 1.29 is 5.76 Å². The van der Waals surface area contributed by atoms with E-state index in [1.165, 1.54) is 18.6 Å². The normalized spacial score (nSPS) is 23.1. The van der Waals surface area contributed by atoms with Crippen LogP contribution in [-0.2, 0) is 0 Å². The number of pyridine rings is 1. The molecule has 2 aromatic carbocycles. The van der Waals surface area contributed by atoms with E-state index in [-0.39, 0.29) is 6.04 Å². The molecule has 2 saturated carbocycles. The molecule has 0 bridgehead atoms. The van der Waals surface area contributed by atoms with Crippen LogP contribution in [0.4, 0.5) is 15.8 Å². The number of nitrogens with one attached hydrogen (secondary N) is 2. The number of hydrogen-bond acceptors (Lipinski definition) is 6. The van der Waals surface area contributed by atoms with Crippen LogP contribution in [0, 0.1) is 29.0 Å². The maximum Gasteiger partial charge on any atom is 0.123 e. The van der Waals surface area contributed by atoms with Crippen molar-refractivity contribution in [1.29, 1.82) is 5.26 Å². The quantitative estimate of drug-likeness (QED) is 0.254. The molecule has 4 aromatic rings. The third-order valence-electron chi connectivity index (χ3n) is 7.99. The average molecular weight is 545 g/mol. The number of benzene rings is 2. The zero-order chi connectivity index (χ0) is 28.0. The molecule has 0 amide bonds. The predicted molar refractivity (Wildman–Crippen MR) is 151 cm³/mol. The molecule has 7 nitrogen and oxygen atoms in total. The van der Waals surface area contributed by atoms with E-state index in [4.69, 9.17) is 11.6 Å². The minimum atomic E-state index is -1.59. The van der Waals surface area contributed by atoms with Gasteiger partial charge in [-0.2, -0.15) is 5.26 Å². The molecule has 0 aliphatic heterocycles. The number of hydrogen-bond donors (Lipinski definition) is 2. The third-order valence-corrected chi connectivity index (χ3v) is 8.28. The van der Waals surface area contributed by atoms with Gasteiger partial charge in [0.25, 0.3) is 0 Å². The van der Waals surface area contributed by atoms with E-state index in [9.17, 15) is 11.0 Å². The van der Waals surface area contributed by atoms with Crippen LogP contribution in [0.1, 0.15) is 76.2 Å². The molecule has 0 spiro atoms. The predicted octanol–water partition coefficient (Wildman–Crippen LogP) is 7.26. The highest BCUT2D eigenvalue weighted by atomic mass is 35.5. The highest BCUT2D eigenvalue weighted by Gasteiger charge is 2.30. The Bertz CT molecular complexity index is 1590. The van der Waals surface area contributed by atoms with Crippen molar-refractivity contribution in [3.8, 4) is 6.07 Å². The lowest BCUT2D eigenvalue weighted by Gasteiger charge is -2.36. The smallest absolute Gasteiger partial charge is 0.123 e. The zero-order valence-electron chi connectivity index (χ0n) is 23.0. The molecule has 39 heavy (non-hydrogen) atoms. The van der Waals surface area contributed by atoms with Crippen LogP contribution in [0.3, 0.4) is 0 Å². The van der Waals surface area contributed by atoms with E-state index < -0.39 is 11.8 Å². The maximum absolute atomic E-state index is 13.8. The van der Waals surface area contributed by atoms with Gasteiger partial charge >= 0.3 is 0 Å². The molecule has 2 unspecified atom stereocenters. The summed E-state index contributed by atoms with van der Waals surface area (Å²) in [6.45, 7) is 4.49. The van der Waals surface area contributed by atoms with Crippen LogP contribution in [0.2, 0.25) is 5.02 Å². The Morgan fingerprint density at radius 2 is 1.90 bits per heavy atom. The van der Waals surface area contributed by atoms with Gasteiger partial charge < -0.3 is 10.6 Å². The maximum atomic E-state index is 13.8. The van der Waals surface area contributed by atoms with Crippen LogP contribution in [-0.4, -0.2) is 26.0 Å². The van der Waals surface area contributed by atoms with Crippen LogP contribution in [0.15, 0.2) is 48.8 Å². The molecular formula is C30H31ClFN7. The first-order valence-corrected chi connectivity index (χ1v) is 13.9. The molecule has 2 fully saturated rings. The fourth-order valence-electron chi connectivity index (χ4n) is 5.66. The lowest BCUT2D eigenvalue weighted by Crippen LogP contribution is -2.37. The number of anilines is 2. The number of aromatic nitrogens is 4. The van der Waals surface area contributed by atoms with Gasteiger partial charge in [0.15, 0.2) is 0 Å². The van der Waals surface area contributed by atoms with E-state index in [1.807, 2.05) is 6.07 Å². The van der Waals surface area contributed by atoms with E-state index in [1.54, 1.807) is 35.3 Å². The SMILES string of the molecule is [2H][C@](Nc1cc(Cl)c2ncc(C#N)c(NC3C(C)CCCC3C)c2c1)(c1ccc(F)cc1)c1cn(C2CC2)nn1. The van der Waals surface area contributed by atoms with Crippen LogP contribution < -0.4 is 10.6 Å². The van der Waals surface area contributed by atoms with Gasteiger partial charge in [0, 0.05) is 23.3 Å². The number of nitriles is 1. The Labute approximate surface area is 233 Å². The minimum absolute atomic E-state index is 0.203. The fourth-order valence-corrected chi connectivity index (χ4v) is 5.93. The summed E-state index contributed by atoms with van der Waals surface area (Å²) in [7, 11) is 0. The van der Waals surface area contributed by atoms with Gasteiger partial charge in [-0.05, 0) is 67.3 Å². The largest absolute Gasteiger partial charge is 0.380 e. The summed E-state index contributed by atoms with van der Waals surface area (Å²) >= 11 is 6.77. The molecule has 2 N–H and O–H groups in total. The topological polar surface area (TPSA) is 91.5 Å². The van der Waals surface area contributed by atoms with E-state index in [0.717, 1.165) is 25.7 Å². The molecule has 2 heterocycles.